The Morgan fingerprint density at radius 1 is 1.17 bits per heavy atom. The van der Waals surface area contributed by atoms with Crippen molar-refractivity contribution < 1.29 is 15.3 Å². The summed E-state index contributed by atoms with van der Waals surface area (Å²) in [7, 11) is 0. The molecule has 0 saturated heterocycles. The van der Waals surface area contributed by atoms with Crippen molar-refractivity contribution in [2.75, 3.05) is 6.61 Å². The molecule has 0 fully saturated rings. The lowest BCUT2D eigenvalue weighted by atomic mass is 9.93. The van der Waals surface area contributed by atoms with E-state index in [0.29, 0.717) is 12.8 Å². The highest BCUT2D eigenvalue weighted by atomic mass is 16.4. The van der Waals surface area contributed by atoms with Crippen LogP contribution in [-0.2, 0) is 0 Å². The van der Waals surface area contributed by atoms with Gasteiger partial charge in [0, 0.05) is 0 Å². The molecule has 0 amide bonds. The fourth-order valence-electron chi connectivity index (χ4n) is 1.66. The van der Waals surface area contributed by atoms with Gasteiger partial charge < -0.3 is 15.3 Å². The molecule has 3 nitrogen and oxygen atoms in total. The largest absolute Gasteiger partial charge is 0.394 e. The third-order valence-electron chi connectivity index (χ3n) is 3.13. The van der Waals surface area contributed by atoms with Crippen molar-refractivity contribution in [2.24, 2.45) is 0 Å². The molecule has 0 radical (unpaired) electrons. The minimum absolute atomic E-state index is 0.406. The number of aliphatic hydroxyl groups excluding tert-OH is 2. The smallest absolute Gasteiger partial charge is 0.105 e. The number of aliphatic hydroxyl groups is 3. The van der Waals surface area contributed by atoms with Gasteiger partial charge >= 0.3 is 0 Å². The summed E-state index contributed by atoms with van der Waals surface area (Å²) in [5.41, 5.74) is 1.41. The van der Waals surface area contributed by atoms with Crippen molar-refractivity contribution >= 4 is 0 Å². The summed E-state index contributed by atoms with van der Waals surface area (Å²) in [4.78, 5) is 0. The first-order chi connectivity index (χ1) is 8.29. The van der Waals surface area contributed by atoms with E-state index in [4.69, 9.17) is 5.11 Å². The molecule has 0 bridgehead atoms. The highest BCUT2D eigenvalue weighted by Gasteiger charge is 2.28. The molecule has 0 saturated carbocycles. The molecule has 106 valence electrons. The van der Waals surface area contributed by atoms with Crippen LogP contribution >= 0.6 is 0 Å². The molecule has 0 rings (SSSR count). The van der Waals surface area contributed by atoms with Gasteiger partial charge in [0.15, 0.2) is 0 Å². The molecule has 0 aliphatic heterocycles. The van der Waals surface area contributed by atoms with Crippen LogP contribution in [0.1, 0.15) is 53.4 Å². The Morgan fingerprint density at radius 3 is 2.28 bits per heavy atom. The third-order valence-corrected chi connectivity index (χ3v) is 3.13. The van der Waals surface area contributed by atoms with Gasteiger partial charge in [-0.15, -0.1) is 0 Å². The second-order valence-corrected chi connectivity index (χ2v) is 5.46. The molecule has 3 heteroatoms. The van der Waals surface area contributed by atoms with Crippen molar-refractivity contribution in [2.45, 2.75) is 65.1 Å². The molecule has 0 aromatic carbocycles. The van der Waals surface area contributed by atoms with Crippen molar-refractivity contribution in [3.63, 3.8) is 0 Å². The van der Waals surface area contributed by atoms with Crippen LogP contribution in [0.5, 0.6) is 0 Å². The predicted molar refractivity (Wildman–Crippen MR) is 75.4 cm³/mol. The molecule has 0 aliphatic rings. The summed E-state index contributed by atoms with van der Waals surface area (Å²) in [5, 5.41) is 28.1. The Hall–Kier alpha value is -0.640. The van der Waals surface area contributed by atoms with Gasteiger partial charge in [-0.05, 0) is 53.4 Å². The predicted octanol–water partition coefficient (Wildman–Crippen LogP) is 2.56. The van der Waals surface area contributed by atoms with Gasteiger partial charge in [0.2, 0.25) is 0 Å². The second-order valence-electron chi connectivity index (χ2n) is 5.46. The zero-order chi connectivity index (χ0) is 14.2. The molecule has 2 atom stereocenters. The average Bonchev–Trinajstić information content (AvgIpc) is 2.27. The van der Waals surface area contributed by atoms with E-state index in [1.54, 1.807) is 6.92 Å². The van der Waals surface area contributed by atoms with Gasteiger partial charge in [0.25, 0.3) is 0 Å². The molecule has 0 spiro atoms. The fourth-order valence-corrected chi connectivity index (χ4v) is 1.66. The van der Waals surface area contributed by atoms with Crippen molar-refractivity contribution in [1.29, 1.82) is 0 Å². The van der Waals surface area contributed by atoms with Gasteiger partial charge in [0.1, 0.15) is 6.10 Å². The molecule has 0 aromatic rings. The maximum absolute atomic E-state index is 9.90. The van der Waals surface area contributed by atoms with Gasteiger partial charge in [0.05, 0.1) is 12.2 Å². The fraction of sp³-hybridized carbons (Fsp3) is 0.733. The highest BCUT2D eigenvalue weighted by Crippen LogP contribution is 2.18. The van der Waals surface area contributed by atoms with Crippen LogP contribution in [0.15, 0.2) is 23.3 Å². The van der Waals surface area contributed by atoms with E-state index in [0.717, 1.165) is 12.8 Å². The third kappa shape index (κ3) is 7.64. The molecular weight excluding hydrogens is 228 g/mol. The lowest BCUT2D eigenvalue weighted by Crippen LogP contribution is -2.41. The molecule has 0 aromatic heterocycles. The molecular formula is C15H28O3. The number of hydrogen-bond acceptors (Lipinski definition) is 3. The van der Waals surface area contributed by atoms with Crippen LogP contribution in [0.2, 0.25) is 0 Å². The summed E-state index contributed by atoms with van der Waals surface area (Å²) in [6.45, 7) is 7.41. The van der Waals surface area contributed by atoms with Crippen LogP contribution in [0, 0.1) is 0 Å². The van der Waals surface area contributed by atoms with Gasteiger partial charge in [-0.25, -0.2) is 0 Å². The van der Waals surface area contributed by atoms with E-state index < -0.39 is 18.3 Å². The van der Waals surface area contributed by atoms with Gasteiger partial charge in [-0.3, -0.25) is 0 Å². The summed E-state index contributed by atoms with van der Waals surface area (Å²) in [6, 6.07) is 0. The quantitative estimate of drug-likeness (QED) is 0.585. The Labute approximate surface area is 111 Å². The Kier molecular flexibility index (Phi) is 8.16. The topological polar surface area (TPSA) is 60.7 Å². The van der Waals surface area contributed by atoms with Gasteiger partial charge in [-0.1, -0.05) is 23.3 Å². The van der Waals surface area contributed by atoms with E-state index in [9.17, 15) is 10.2 Å². The second kappa shape index (κ2) is 8.46. The average molecular weight is 256 g/mol. The van der Waals surface area contributed by atoms with E-state index in [1.165, 1.54) is 11.1 Å². The van der Waals surface area contributed by atoms with Crippen molar-refractivity contribution in [1.82, 2.24) is 0 Å². The SMILES string of the molecule is CC(C)=CCC/C(C)=C/CC[C@@](C)(O)C(O)CO. The first-order valence-electron chi connectivity index (χ1n) is 6.60. The maximum Gasteiger partial charge on any atom is 0.105 e. The van der Waals surface area contributed by atoms with Crippen LogP contribution in [0.25, 0.3) is 0 Å². The van der Waals surface area contributed by atoms with Crippen LogP contribution in [0.4, 0.5) is 0 Å². The van der Waals surface area contributed by atoms with E-state index in [1.807, 2.05) is 0 Å². The van der Waals surface area contributed by atoms with E-state index in [-0.39, 0.29) is 0 Å². The molecule has 1 unspecified atom stereocenters. The summed E-state index contributed by atoms with van der Waals surface area (Å²) in [6.07, 6.45) is 6.47. The Bertz CT molecular complexity index is 286. The lowest BCUT2D eigenvalue weighted by Gasteiger charge is -2.27. The number of allylic oxidation sites excluding steroid dienone is 4. The Balaban J connectivity index is 4.04. The lowest BCUT2D eigenvalue weighted by molar-refractivity contribution is -0.0866. The minimum atomic E-state index is -1.22. The summed E-state index contributed by atoms with van der Waals surface area (Å²) in [5.74, 6) is 0. The standard InChI is InChI=1S/C15H28O3/c1-12(2)7-5-8-13(3)9-6-10-15(4,18)14(17)11-16/h7,9,14,16-18H,5-6,8,10-11H2,1-4H3/b13-9+/t14?,15-/m1/s1. The first-order valence-corrected chi connectivity index (χ1v) is 6.60. The molecule has 0 heterocycles. The summed E-state index contributed by atoms with van der Waals surface area (Å²) >= 11 is 0. The monoisotopic (exact) mass is 256 g/mol. The first kappa shape index (κ1) is 17.4. The van der Waals surface area contributed by atoms with Crippen LogP contribution in [0.3, 0.4) is 0 Å². The normalized spacial score (nSPS) is 17.2. The zero-order valence-corrected chi connectivity index (χ0v) is 12.1. The molecule has 18 heavy (non-hydrogen) atoms. The van der Waals surface area contributed by atoms with Crippen LogP contribution < -0.4 is 0 Å². The molecule has 3 N–H and O–H groups in total. The number of rotatable bonds is 8. The molecule has 0 aliphatic carbocycles. The van der Waals surface area contributed by atoms with Crippen molar-refractivity contribution in [3.8, 4) is 0 Å². The summed E-state index contributed by atoms with van der Waals surface area (Å²) < 4.78 is 0. The Morgan fingerprint density at radius 2 is 1.78 bits per heavy atom. The highest BCUT2D eigenvalue weighted by molar-refractivity contribution is 5.02. The zero-order valence-electron chi connectivity index (χ0n) is 12.1. The van der Waals surface area contributed by atoms with Crippen LogP contribution in [-0.4, -0.2) is 33.6 Å². The van der Waals surface area contributed by atoms with E-state index >= 15 is 0 Å². The maximum atomic E-state index is 9.90. The minimum Gasteiger partial charge on any atom is -0.394 e. The van der Waals surface area contributed by atoms with Gasteiger partial charge in [-0.2, -0.15) is 0 Å². The van der Waals surface area contributed by atoms with Crippen molar-refractivity contribution in [3.05, 3.63) is 23.3 Å². The van der Waals surface area contributed by atoms with E-state index in [2.05, 4.69) is 32.9 Å². The number of hydrogen-bond donors (Lipinski definition) is 3.